The van der Waals surface area contributed by atoms with Gasteiger partial charge in [0.2, 0.25) is 5.75 Å². The smallest absolute Gasteiger partial charge is 0.255 e. The predicted octanol–water partition coefficient (Wildman–Crippen LogP) is 7.86. The van der Waals surface area contributed by atoms with E-state index in [-0.39, 0.29) is 18.2 Å². The van der Waals surface area contributed by atoms with Crippen molar-refractivity contribution in [3.05, 3.63) is 95.1 Å². The highest BCUT2D eigenvalue weighted by Gasteiger charge is 2.29. The van der Waals surface area contributed by atoms with Gasteiger partial charge in [-0.3, -0.25) is 4.79 Å². The van der Waals surface area contributed by atoms with Crippen molar-refractivity contribution in [2.75, 3.05) is 54.1 Å². The normalized spacial score (nSPS) is 15.9. The SMILES string of the molecule is COc1cc(C2NC(=O)c3ccccc3N2)ccc1OCCCCCCCOc1cccc(C2=NOC(c3cc(OC)c(OC)c(OC)c3)C2)c1OC. The molecular formula is C41H47N3O9. The number of amides is 1. The van der Waals surface area contributed by atoms with Gasteiger partial charge in [0.15, 0.2) is 40.6 Å². The van der Waals surface area contributed by atoms with Crippen LogP contribution in [0.4, 0.5) is 5.69 Å². The molecule has 0 aliphatic carbocycles. The second-order valence-electron chi connectivity index (χ2n) is 12.6. The van der Waals surface area contributed by atoms with Gasteiger partial charge in [0.25, 0.3) is 5.91 Å². The molecule has 0 spiro atoms. The molecule has 2 aliphatic heterocycles. The summed E-state index contributed by atoms with van der Waals surface area (Å²) in [4.78, 5) is 18.4. The predicted molar refractivity (Wildman–Crippen MR) is 201 cm³/mol. The van der Waals surface area contributed by atoms with Crippen LogP contribution in [0.3, 0.4) is 0 Å². The Hall–Kier alpha value is -5.78. The number of nitrogens with one attached hydrogen (secondary N) is 2. The highest BCUT2D eigenvalue weighted by atomic mass is 16.6. The van der Waals surface area contributed by atoms with Gasteiger partial charge >= 0.3 is 0 Å². The standard InChI is InChI=1S/C41H47N3O9/c1-46-35-22-26(40-42-30-16-10-9-14-29(30)41(45)43-40)18-19-32(35)51-20-11-7-6-8-12-21-52-33-17-13-15-28(38(33)49-4)31-25-34(53-44-31)27-23-36(47-2)39(50-5)37(24-27)48-3/h9-10,13-19,22-24,34,40,42H,6-8,11-12,20-21,25H2,1-5H3,(H,43,45). The summed E-state index contributed by atoms with van der Waals surface area (Å²) in [6.45, 7) is 1.15. The molecule has 280 valence electrons. The van der Waals surface area contributed by atoms with Crippen LogP contribution in [0.15, 0.2) is 78.0 Å². The van der Waals surface area contributed by atoms with Gasteiger partial charge in [-0.25, -0.2) is 0 Å². The van der Waals surface area contributed by atoms with E-state index in [2.05, 4.69) is 15.8 Å². The van der Waals surface area contributed by atoms with E-state index in [9.17, 15) is 4.79 Å². The molecule has 0 bridgehead atoms. The fourth-order valence-corrected chi connectivity index (χ4v) is 6.53. The number of anilines is 1. The third-order valence-corrected chi connectivity index (χ3v) is 9.29. The molecule has 2 aliphatic rings. The van der Waals surface area contributed by atoms with Crippen molar-refractivity contribution in [2.24, 2.45) is 5.16 Å². The molecule has 6 rings (SSSR count). The number of hydrogen-bond donors (Lipinski definition) is 2. The maximum Gasteiger partial charge on any atom is 0.255 e. The van der Waals surface area contributed by atoms with Gasteiger partial charge in [0.1, 0.15) is 6.17 Å². The van der Waals surface area contributed by atoms with Crippen molar-refractivity contribution in [3.8, 4) is 40.2 Å². The van der Waals surface area contributed by atoms with Crippen LogP contribution < -0.4 is 43.8 Å². The lowest BCUT2D eigenvalue weighted by Crippen LogP contribution is -2.38. The Labute approximate surface area is 310 Å². The lowest BCUT2D eigenvalue weighted by atomic mass is 9.98. The summed E-state index contributed by atoms with van der Waals surface area (Å²) in [5.74, 6) is 4.13. The van der Waals surface area contributed by atoms with Gasteiger partial charge < -0.3 is 48.6 Å². The minimum absolute atomic E-state index is 0.112. The van der Waals surface area contributed by atoms with Gasteiger partial charge in [-0.15, -0.1) is 0 Å². The van der Waals surface area contributed by atoms with E-state index < -0.39 is 0 Å². The first-order valence-electron chi connectivity index (χ1n) is 17.8. The molecule has 2 N–H and O–H groups in total. The van der Waals surface area contributed by atoms with Crippen LogP contribution in [0.5, 0.6) is 40.2 Å². The molecule has 4 aromatic rings. The second-order valence-corrected chi connectivity index (χ2v) is 12.6. The zero-order chi connectivity index (χ0) is 37.2. The molecule has 2 heterocycles. The molecule has 0 saturated heterocycles. The molecule has 0 saturated carbocycles. The number of fused-ring (bicyclic) bond motifs is 1. The first-order valence-corrected chi connectivity index (χ1v) is 17.8. The number of carbonyl (C=O) groups excluding carboxylic acids is 1. The fourth-order valence-electron chi connectivity index (χ4n) is 6.53. The first kappa shape index (κ1) is 37.0. The molecule has 4 aromatic carbocycles. The van der Waals surface area contributed by atoms with Crippen LogP contribution >= 0.6 is 0 Å². The van der Waals surface area contributed by atoms with Crippen molar-refractivity contribution in [1.29, 1.82) is 0 Å². The number of para-hydroxylation sites is 2. The van der Waals surface area contributed by atoms with Gasteiger partial charge in [-0.1, -0.05) is 48.7 Å². The minimum Gasteiger partial charge on any atom is -0.493 e. The molecule has 0 radical (unpaired) electrons. The number of oxime groups is 1. The first-order chi connectivity index (χ1) is 26.0. The summed E-state index contributed by atoms with van der Waals surface area (Å²) in [5, 5.41) is 10.8. The zero-order valence-corrected chi connectivity index (χ0v) is 30.9. The summed E-state index contributed by atoms with van der Waals surface area (Å²) in [5.41, 5.74) is 4.77. The Morgan fingerprint density at radius 1 is 0.623 bits per heavy atom. The van der Waals surface area contributed by atoms with E-state index in [1.165, 1.54) is 0 Å². The van der Waals surface area contributed by atoms with Gasteiger partial charge in [0, 0.05) is 23.2 Å². The number of rotatable bonds is 18. The van der Waals surface area contributed by atoms with Crippen LogP contribution in [0.1, 0.15) is 77.8 Å². The monoisotopic (exact) mass is 725 g/mol. The van der Waals surface area contributed by atoms with Crippen LogP contribution in [0, 0.1) is 0 Å². The third kappa shape index (κ3) is 8.48. The van der Waals surface area contributed by atoms with Gasteiger partial charge in [-0.05, 0) is 66.9 Å². The zero-order valence-electron chi connectivity index (χ0n) is 30.9. The van der Waals surface area contributed by atoms with Crippen molar-refractivity contribution in [1.82, 2.24) is 5.32 Å². The van der Waals surface area contributed by atoms with Gasteiger partial charge in [0.05, 0.1) is 60.0 Å². The fraction of sp³-hybridized carbons (Fsp3) is 0.366. The highest BCUT2D eigenvalue weighted by molar-refractivity contribution is 6.04. The number of nitrogens with zero attached hydrogens (tertiary/aromatic N) is 1. The maximum absolute atomic E-state index is 12.6. The third-order valence-electron chi connectivity index (χ3n) is 9.29. The number of unbranched alkanes of at least 4 members (excludes halogenated alkanes) is 4. The molecule has 0 fully saturated rings. The topological polar surface area (TPSA) is 127 Å². The van der Waals surface area contributed by atoms with Crippen LogP contribution in [-0.2, 0) is 4.84 Å². The Balaban J connectivity index is 0.928. The van der Waals surface area contributed by atoms with E-state index in [1.54, 1.807) is 41.6 Å². The van der Waals surface area contributed by atoms with Gasteiger partial charge in [-0.2, -0.15) is 0 Å². The number of carbonyl (C=O) groups is 1. The maximum atomic E-state index is 12.6. The lowest BCUT2D eigenvalue weighted by molar-refractivity contribution is 0.0853. The molecule has 2 unspecified atom stereocenters. The van der Waals surface area contributed by atoms with Crippen molar-refractivity contribution in [3.63, 3.8) is 0 Å². The largest absolute Gasteiger partial charge is 0.493 e. The Morgan fingerprint density at radius 3 is 1.96 bits per heavy atom. The van der Waals surface area contributed by atoms with E-state index in [0.717, 1.165) is 60.2 Å². The van der Waals surface area contributed by atoms with Crippen LogP contribution in [0.25, 0.3) is 0 Å². The summed E-state index contributed by atoms with van der Waals surface area (Å²) >= 11 is 0. The Kier molecular flexibility index (Phi) is 12.3. The van der Waals surface area contributed by atoms with Crippen LogP contribution in [-0.4, -0.2) is 60.4 Å². The van der Waals surface area contributed by atoms with Crippen molar-refractivity contribution >= 4 is 17.3 Å². The molecule has 12 heteroatoms. The lowest BCUT2D eigenvalue weighted by Gasteiger charge is -2.28. The average Bonchev–Trinajstić information content (AvgIpc) is 3.70. The summed E-state index contributed by atoms with van der Waals surface area (Å²) in [6.07, 6.45) is 4.80. The molecular weight excluding hydrogens is 678 g/mol. The number of ether oxygens (including phenoxy) is 7. The molecule has 2 atom stereocenters. The van der Waals surface area contributed by atoms with Crippen molar-refractivity contribution < 1.29 is 42.8 Å². The van der Waals surface area contributed by atoms with Crippen molar-refractivity contribution in [2.45, 2.75) is 50.8 Å². The van der Waals surface area contributed by atoms with E-state index in [1.807, 2.05) is 66.7 Å². The second kappa shape index (κ2) is 17.6. The quantitative estimate of drug-likeness (QED) is 0.0979. The Bertz CT molecular complexity index is 1890. The van der Waals surface area contributed by atoms with E-state index in [0.29, 0.717) is 65.4 Å². The summed E-state index contributed by atoms with van der Waals surface area (Å²) < 4.78 is 40.2. The molecule has 53 heavy (non-hydrogen) atoms. The number of methoxy groups -OCH3 is 5. The van der Waals surface area contributed by atoms with Crippen LogP contribution in [0.2, 0.25) is 0 Å². The Morgan fingerprint density at radius 2 is 1.26 bits per heavy atom. The molecule has 0 aromatic heterocycles. The summed E-state index contributed by atoms with van der Waals surface area (Å²) in [6, 6.07) is 22.8. The minimum atomic E-state index is -0.361. The summed E-state index contributed by atoms with van der Waals surface area (Å²) in [7, 11) is 8.01. The molecule has 12 nitrogen and oxygen atoms in total. The highest BCUT2D eigenvalue weighted by Crippen LogP contribution is 2.43. The van der Waals surface area contributed by atoms with E-state index >= 15 is 0 Å². The molecule has 1 amide bonds. The average molecular weight is 726 g/mol. The van der Waals surface area contributed by atoms with E-state index in [4.69, 9.17) is 38.0 Å². The number of benzene rings is 4. The number of hydrogen-bond acceptors (Lipinski definition) is 11.